The Labute approximate surface area is 98.2 Å². The summed E-state index contributed by atoms with van der Waals surface area (Å²) in [5.74, 6) is 0. The van der Waals surface area contributed by atoms with E-state index >= 15 is 0 Å². The SMILES string of the molecule is COCC1CC[C@H](n2cc(C)c(=O)[nH]c2=O)O1. The number of nitrogens with one attached hydrogen (secondary N) is 1. The lowest BCUT2D eigenvalue weighted by atomic mass is 10.2. The zero-order valence-corrected chi connectivity index (χ0v) is 9.93. The van der Waals surface area contributed by atoms with Crippen LogP contribution in [-0.4, -0.2) is 29.4 Å². The molecular weight excluding hydrogens is 224 g/mol. The van der Waals surface area contributed by atoms with Gasteiger partial charge in [-0.25, -0.2) is 4.79 Å². The molecule has 1 unspecified atom stereocenters. The van der Waals surface area contributed by atoms with Gasteiger partial charge in [-0.1, -0.05) is 0 Å². The number of nitrogens with zero attached hydrogens (tertiary/aromatic N) is 1. The maximum Gasteiger partial charge on any atom is 0.330 e. The average molecular weight is 240 g/mol. The molecule has 0 bridgehead atoms. The highest BCUT2D eigenvalue weighted by molar-refractivity contribution is 5.01. The molecule has 1 aliphatic heterocycles. The van der Waals surface area contributed by atoms with Gasteiger partial charge < -0.3 is 9.47 Å². The summed E-state index contributed by atoms with van der Waals surface area (Å²) >= 11 is 0. The van der Waals surface area contributed by atoms with Crippen LogP contribution in [0.2, 0.25) is 0 Å². The van der Waals surface area contributed by atoms with Crippen LogP contribution in [0.5, 0.6) is 0 Å². The fourth-order valence-corrected chi connectivity index (χ4v) is 2.00. The predicted octanol–water partition coefficient (Wildman–Crippen LogP) is 0.169. The molecule has 1 saturated heterocycles. The Hall–Kier alpha value is -1.40. The molecule has 1 fully saturated rings. The van der Waals surface area contributed by atoms with E-state index in [9.17, 15) is 9.59 Å². The van der Waals surface area contributed by atoms with Crippen molar-refractivity contribution in [2.24, 2.45) is 0 Å². The smallest absolute Gasteiger partial charge is 0.330 e. The van der Waals surface area contributed by atoms with Crippen LogP contribution in [0.1, 0.15) is 24.6 Å². The van der Waals surface area contributed by atoms with Crippen molar-refractivity contribution >= 4 is 0 Å². The average Bonchev–Trinajstić information content (AvgIpc) is 2.72. The Balaban J connectivity index is 2.22. The van der Waals surface area contributed by atoms with Gasteiger partial charge in [0.1, 0.15) is 6.23 Å². The van der Waals surface area contributed by atoms with Gasteiger partial charge in [-0.2, -0.15) is 0 Å². The van der Waals surface area contributed by atoms with Gasteiger partial charge in [0.2, 0.25) is 0 Å². The van der Waals surface area contributed by atoms with Crippen molar-refractivity contribution in [1.82, 2.24) is 9.55 Å². The van der Waals surface area contributed by atoms with Gasteiger partial charge >= 0.3 is 5.69 Å². The number of aryl methyl sites for hydroxylation is 1. The zero-order chi connectivity index (χ0) is 12.4. The summed E-state index contributed by atoms with van der Waals surface area (Å²) in [6, 6.07) is 0. The van der Waals surface area contributed by atoms with Gasteiger partial charge in [-0.3, -0.25) is 14.3 Å². The standard InChI is InChI=1S/C11H16N2O4/c1-7-5-13(11(15)12-10(7)14)9-4-3-8(17-9)6-16-2/h5,8-9H,3-4,6H2,1-2H3,(H,12,14,15)/t8?,9-/m1/s1. The van der Waals surface area contributed by atoms with Crippen molar-refractivity contribution in [2.45, 2.75) is 32.1 Å². The number of aromatic amines is 1. The number of rotatable bonds is 3. The largest absolute Gasteiger partial charge is 0.382 e. The molecule has 17 heavy (non-hydrogen) atoms. The highest BCUT2D eigenvalue weighted by Crippen LogP contribution is 2.26. The van der Waals surface area contributed by atoms with E-state index in [-0.39, 0.29) is 17.9 Å². The van der Waals surface area contributed by atoms with Crippen LogP contribution in [0, 0.1) is 6.92 Å². The molecule has 1 aliphatic rings. The Morgan fingerprint density at radius 3 is 3.00 bits per heavy atom. The first-order valence-electron chi connectivity index (χ1n) is 5.58. The van der Waals surface area contributed by atoms with Gasteiger partial charge in [0.15, 0.2) is 0 Å². The molecule has 2 rings (SSSR count). The summed E-state index contributed by atoms with van der Waals surface area (Å²) in [5.41, 5.74) is -0.273. The van der Waals surface area contributed by atoms with E-state index < -0.39 is 5.69 Å². The van der Waals surface area contributed by atoms with E-state index in [1.54, 1.807) is 20.2 Å². The molecule has 2 heterocycles. The van der Waals surface area contributed by atoms with Gasteiger partial charge in [0, 0.05) is 18.9 Å². The zero-order valence-electron chi connectivity index (χ0n) is 9.93. The Morgan fingerprint density at radius 1 is 1.53 bits per heavy atom. The van der Waals surface area contributed by atoms with Gasteiger partial charge in [0.05, 0.1) is 12.7 Å². The fraction of sp³-hybridized carbons (Fsp3) is 0.636. The molecule has 1 N–H and O–H groups in total. The minimum absolute atomic E-state index is 0.0177. The van der Waals surface area contributed by atoms with Crippen LogP contribution in [0.4, 0.5) is 0 Å². The molecule has 0 aromatic carbocycles. The normalized spacial score (nSPS) is 24.1. The third kappa shape index (κ3) is 2.48. The number of methoxy groups -OCH3 is 1. The third-order valence-corrected chi connectivity index (χ3v) is 2.89. The molecule has 0 aliphatic carbocycles. The summed E-state index contributed by atoms with van der Waals surface area (Å²) in [5, 5.41) is 0. The maximum absolute atomic E-state index is 11.6. The molecule has 0 radical (unpaired) electrons. The second-order valence-electron chi connectivity index (χ2n) is 4.22. The lowest BCUT2D eigenvalue weighted by molar-refractivity contribution is -0.0336. The van der Waals surface area contributed by atoms with Crippen molar-refractivity contribution in [3.05, 3.63) is 32.6 Å². The summed E-state index contributed by atoms with van der Waals surface area (Å²) in [6.45, 7) is 2.18. The fourth-order valence-electron chi connectivity index (χ4n) is 2.00. The van der Waals surface area contributed by atoms with Crippen molar-refractivity contribution < 1.29 is 9.47 Å². The van der Waals surface area contributed by atoms with E-state index in [1.165, 1.54) is 4.57 Å². The van der Waals surface area contributed by atoms with E-state index in [4.69, 9.17) is 9.47 Å². The number of aromatic nitrogens is 2. The van der Waals surface area contributed by atoms with Crippen LogP contribution in [0.25, 0.3) is 0 Å². The van der Waals surface area contributed by atoms with E-state index in [0.29, 0.717) is 12.2 Å². The number of hydrogen-bond acceptors (Lipinski definition) is 4. The molecule has 6 nitrogen and oxygen atoms in total. The van der Waals surface area contributed by atoms with Gasteiger partial charge in [-0.15, -0.1) is 0 Å². The van der Waals surface area contributed by atoms with Crippen LogP contribution in [0.3, 0.4) is 0 Å². The topological polar surface area (TPSA) is 73.3 Å². The highest BCUT2D eigenvalue weighted by atomic mass is 16.5. The monoisotopic (exact) mass is 240 g/mol. The maximum atomic E-state index is 11.6. The quantitative estimate of drug-likeness (QED) is 0.817. The first-order valence-corrected chi connectivity index (χ1v) is 5.58. The van der Waals surface area contributed by atoms with Crippen LogP contribution in [-0.2, 0) is 9.47 Å². The minimum Gasteiger partial charge on any atom is -0.382 e. The second-order valence-corrected chi connectivity index (χ2v) is 4.22. The Bertz CT molecular complexity index is 505. The van der Waals surface area contributed by atoms with Crippen molar-refractivity contribution in [3.8, 4) is 0 Å². The van der Waals surface area contributed by atoms with Crippen LogP contribution in [0.15, 0.2) is 15.8 Å². The molecule has 0 saturated carbocycles. The lowest BCUT2D eigenvalue weighted by Crippen LogP contribution is -2.33. The summed E-state index contributed by atoms with van der Waals surface area (Å²) < 4.78 is 12.1. The van der Waals surface area contributed by atoms with Crippen LogP contribution >= 0.6 is 0 Å². The summed E-state index contributed by atoms with van der Waals surface area (Å²) in [7, 11) is 1.62. The van der Waals surface area contributed by atoms with Gasteiger partial charge in [-0.05, 0) is 19.8 Å². The Kier molecular flexibility index (Phi) is 3.44. The molecule has 1 aromatic rings. The number of ether oxygens (including phenoxy) is 2. The van der Waals surface area contributed by atoms with E-state index in [1.807, 2.05) is 0 Å². The summed E-state index contributed by atoms with van der Waals surface area (Å²) in [4.78, 5) is 25.2. The molecule has 2 atom stereocenters. The van der Waals surface area contributed by atoms with Crippen molar-refractivity contribution in [3.63, 3.8) is 0 Å². The molecule has 0 spiro atoms. The first kappa shape index (κ1) is 12.1. The minimum atomic E-state index is -0.427. The molecule has 0 amide bonds. The Morgan fingerprint density at radius 2 is 2.29 bits per heavy atom. The third-order valence-electron chi connectivity index (χ3n) is 2.89. The van der Waals surface area contributed by atoms with Gasteiger partial charge in [0.25, 0.3) is 5.56 Å². The number of H-pyrrole nitrogens is 1. The molecular formula is C11H16N2O4. The van der Waals surface area contributed by atoms with Crippen molar-refractivity contribution in [1.29, 1.82) is 0 Å². The first-order chi connectivity index (χ1) is 8.11. The van der Waals surface area contributed by atoms with Crippen molar-refractivity contribution in [2.75, 3.05) is 13.7 Å². The molecule has 6 heteroatoms. The second kappa shape index (κ2) is 4.85. The van der Waals surface area contributed by atoms with Crippen LogP contribution < -0.4 is 11.2 Å². The highest BCUT2D eigenvalue weighted by Gasteiger charge is 2.27. The molecule has 1 aromatic heterocycles. The molecule has 94 valence electrons. The van der Waals surface area contributed by atoms with E-state index in [2.05, 4.69) is 4.98 Å². The number of hydrogen-bond donors (Lipinski definition) is 1. The lowest BCUT2D eigenvalue weighted by Gasteiger charge is -2.15. The summed E-state index contributed by atoms with van der Waals surface area (Å²) in [6.07, 6.45) is 2.85. The van der Waals surface area contributed by atoms with E-state index in [0.717, 1.165) is 12.8 Å². The predicted molar refractivity (Wildman–Crippen MR) is 61.1 cm³/mol.